The summed E-state index contributed by atoms with van der Waals surface area (Å²) < 4.78 is 0. The highest BCUT2D eigenvalue weighted by Gasteiger charge is 2.31. The summed E-state index contributed by atoms with van der Waals surface area (Å²) in [6, 6.07) is 12.8. The first kappa shape index (κ1) is 20.2. The number of nitrogens with one attached hydrogen (secondary N) is 1. The SMILES string of the molecule is CN(C)CCCN1c2ccc(Cl)cc2Sc2ccc(C(C)(C)c3nn[nH]n3)cc21. The van der Waals surface area contributed by atoms with Gasteiger partial charge in [0, 0.05) is 21.4 Å². The molecule has 152 valence electrons. The van der Waals surface area contributed by atoms with Crippen molar-refractivity contribution < 1.29 is 0 Å². The van der Waals surface area contributed by atoms with Gasteiger partial charge in [0.05, 0.1) is 16.8 Å². The van der Waals surface area contributed by atoms with E-state index >= 15 is 0 Å². The molecule has 0 unspecified atom stereocenters. The number of aromatic nitrogens is 4. The molecule has 0 aliphatic carbocycles. The molecule has 0 fully saturated rings. The number of halogens is 1. The van der Waals surface area contributed by atoms with E-state index in [1.807, 2.05) is 6.07 Å². The van der Waals surface area contributed by atoms with Gasteiger partial charge in [0.1, 0.15) is 0 Å². The van der Waals surface area contributed by atoms with Gasteiger partial charge in [-0.25, -0.2) is 0 Å². The van der Waals surface area contributed by atoms with Crippen LogP contribution in [0.15, 0.2) is 46.2 Å². The lowest BCUT2D eigenvalue weighted by Crippen LogP contribution is -2.27. The van der Waals surface area contributed by atoms with Crippen molar-refractivity contribution >= 4 is 34.7 Å². The summed E-state index contributed by atoms with van der Waals surface area (Å²) in [6.07, 6.45) is 1.07. The highest BCUT2D eigenvalue weighted by Crippen LogP contribution is 2.50. The Balaban J connectivity index is 1.75. The smallest absolute Gasteiger partial charge is 0.184 e. The summed E-state index contributed by atoms with van der Waals surface area (Å²) in [7, 11) is 4.22. The molecule has 1 aromatic heterocycles. The predicted octanol–water partition coefficient (Wildman–Crippen LogP) is 4.73. The third-order valence-corrected chi connectivity index (χ3v) is 6.64. The van der Waals surface area contributed by atoms with Crippen LogP contribution in [0, 0.1) is 0 Å². The van der Waals surface area contributed by atoms with Crippen LogP contribution >= 0.6 is 23.4 Å². The van der Waals surface area contributed by atoms with Gasteiger partial charge in [0.25, 0.3) is 0 Å². The summed E-state index contributed by atoms with van der Waals surface area (Å²) >= 11 is 8.05. The fourth-order valence-corrected chi connectivity index (χ4v) is 4.94. The number of tetrazole rings is 1. The van der Waals surface area contributed by atoms with E-state index in [9.17, 15) is 0 Å². The molecule has 0 saturated heterocycles. The number of H-pyrrole nitrogens is 1. The largest absolute Gasteiger partial charge is 0.340 e. The van der Waals surface area contributed by atoms with E-state index in [1.165, 1.54) is 21.2 Å². The minimum atomic E-state index is -0.345. The molecule has 1 aliphatic rings. The van der Waals surface area contributed by atoms with Crippen LogP contribution in [0.3, 0.4) is 0 Å². The summed E-state index contributed by atoms with van der Waals surface area (Å²) in [4.78, 5) is 7.06. The average molecular weight is 429 g/mol. The van der Waals surface area contributed by atoms with Gasteiger partial charge in [-0.1, -0.05) is 34.6 Å². The predicted molar refractivity (Wildman–Crippen MR) is 118 cm³/mol. The van der Waals surface area contributed by atoms with Crippen molar-refractivity contribution in [2.75, 3.05) is 32.1 Å². The molecule has 8 heteroatoms. The molecular formula is C21H25ClN6S. The Bertz CT molecular complexity index is 1000. The molecule has 3 aromatic rings. The molecule has 0 radical (unpaired) electrons. The molecule has 2 heterocycles. The number of anilines is 2. The monoisotopic (exact) mass is 428 g/mol. The molecule has 1 aliphatic heterocycles. The van der Waals surface area contributed by atoms with Gasteiger partial charge in [-0.15, -0.1) is 10.2 Å². The Labute approximate surface area is 180 Å². The Morgan fingerprint density at radius 3 is 2.66 bits per heavy atom. The van der Waals surface area contributed by atoms with E-state index in [4.69, 9.17) is 11.6 Å². The molecule has 6 nitrogen and oxygen atoms in total. The van der Waals surface area contributed by atoms with Crippen LogP contribution in [0.1, 0.15) is 31.7 Å². The van der Waals surface area contributed by atoms with Crippen molar-refractivity contribution in [1.29, 1.82) is 0 Å². The van der Waals surface area contributed by atoms with Gasteiger partial charge < -0.3 is 9.80 Å². The van der Waals surface area contributed by atoms with Gasteiger partial charge in [-0.2, -0.15) is 5.21 Å². The van der Waals surface area contributed by atoms with E-state index < -0.39 is 0 Å². The minimum Gasteiger partial charge on any atom is -0.340 e. The zero-order chi connectivity index (χ0) is 20.6. The first-order chi connectivity index (χ1) is 13.9. The highest BCUT2D eigenvalue weighted by atomic mass is 35.5. The van der Waals surface area contributed by atoms with Crippen LogP contribution in [0.4, 0.5) is 11.4 Å². The Morgan fingerprint density at radius 2 is 1.93 bits per heavy atom. The van der Waals surface area contributed by atoms with Crippen LogP contribution in [-0.2, 0) is 5.41 Å². The second-order valence-corrected chi connectivity index (χ2v) is 9.59. The molecular weight excluding hydrogens is 404 g/mol. The Hall–Kier alpha value is -2.09. The van der Waals surface area contributed by atoms with Crippen LogP contribution in [-0.4, -0.2) is 52.7 Å². The van der Waals surface area contributed by atoms with Crippen molar-refractivity contribution in [2.24, 2.45) is 0 Å². The van der Waals surface area contributed by atoms with Gasteiger partial charge in [0.2, 0.25) is 0 Å². The van der Waals surface area contributed by atoms with Crippen LogP contribution in [0.5, 0.6) is 0 Å². The Kier molecular flexibility index (Phi) is 5.55. The van der Waals surface area contributed by atoms with Gasteiger partial charge in [0.15, 0.2) is 5.82 Å². The molecule has 0 bridgehead atoms. The molecule has 1 N–H and O–H groups in total. The Morgan fingerprint density at radius 1 is 1.10 bits per heavy atom. The summed E-state index contributed by atoms with van der Waals surface area (Å²) in [5.41, 5.74) is 3.24. The van der Waals surface area contributed by atoms with E-state index in [0.717, 1.165) is 30.1 Å². The van der Waals surface area contributed by atoms with Crippen molar-refractivity contribution in [3.63, 3.8) is 0 Å². The maximum Gasteiger partial charge on any atom is 0.184 e. The van der Waals surface area contributed by atoms with E-state index in [1.54, 1.807) is 11.8 Å². The number of hydrogen-bond acceptors (Lipinski definition) is 6. The zero-order valence-electron chi connectivity index (χ0n) is 17.1. The number of aromatic amines is 1. The zero-order valence-corrected chi connectivity index (χ0v) is 18.7. The van der Waals surface area contributed by atoms with Crippen LogP contribution < -0.4 is 4.90 Å². The second-order valence-electron chi connectivity index (χ2n) is 8.07. The molecule has 0 saturated carbocycles. The maximum absolute atomic E-state index is 6.28. The molecule has 2 aromatic carbocycles. The van der Waals surface area contributed by atoms with E-state index in [-0.39, 0.29) is 5.41 Å². The lowest BCUT2D eigenvalue weighted by molar-refractivity contribution is 0.402. The number of nitrogens with zero attached hydrogens (tertiary/aromatic N) is 5. The van der Waals surface area contributed by atoms with Crippen molar-refractivity contribution in [1.82, 2.24) is 25.5 Å². The average Bonchev–Trinajstić information content (AvgIpc) is 3.22. The van der Waals surface area contributed by atoms with Crippen molar-refractivity contribution in [2.45, 2.75) is 35.5 Å². The van der Waals surface area contributed by atoms with Gasteiger partial charge in [-0.3, -0.25) is 0 Å². The van der Waals surface area contributed by atoms with Crippen LogP contribution in [0.2, 0.25) is 5.02 Å². The lowest BCUT2D eigenvalue weighted by Gasteiger charge is -2.34. The van der Waals surface area contributed by atoms with Crippen LogP contribution in [0.25, 0.3) is 0 Å². The first-order valence-corrected chi connectivity index (χ1v) is 10.8. The van der Waals surface area contributed by atoms with Crippen molar-refractivity contribution in [3.05, 3.63) is 52.8 Å². The normalized spacial score (nSPS) is 13.5. The lowest BCUT2D eigenvalue weighted by atomic mass is 9.83. The topological polar surface area (TPSA) is 60.9 Å². The third kappa shape index (κ3) is 3.99. The molecule has 0 atom stereocenters. The quantitative estimate of drug-likeness (QED) is 0.612. The number of hydrogen-bond donors (Lipinski definition) is 1. The molecule has 0 amide bonds. The minimum absolute atomic E-state index is 0.345. The second kappa shape index (κ2) is 7.97. The van der Waals surface area contributed by atoms with Gasteiger partial charge >= 0.3 is 0 Å². The van der Waals surface area contributed by atoms with Crippen molar-refractivity contribution in [3.8, 4) is 0 Å². The fourth-order valence-electron chi connectivity index (χ4n) is 3.59. The molecule has 4 rings (SSSR count). The number of fused-ring (bicyclic) bond motifs is 2. The third-order valence-electron chi connectivity index (χ3n) is 5.30. The van der Waals surface area contributed by atoms with E-state index in [0.29, 0.717) is 5.82 Å². The first-order valence-electron chi connectivity index (χ1n) is 9.64. The highest BCUT2D eigenvalue weighted by molar-refractivity contribution is 7.99. The molecule has 0 spiro atoms. The summed E-state index contributed by atoms with van der Waals surface area (Å²) in [5.74, 6) is 0.687. The standard InChI is InChI=1S/C21H25ClN6S/c1-21(2,20-23-25-26-24-20)14-6-9-18-17(12-14)28(11-5-10-27(3)4)16-8-7-15(22)13-19(16)29-18/h6-9,12-13H,5,10-11H2,1-4H3,(H,23,24,25,26). The summed E-state index contributed by atoms with van der Waals surface area (Å²) in [6.45, 7) is 6.22. The maximum atomic E-state index is 6.28. The molecule has 29 heavy (non-hydrogen) atoms. The van der Waals surface area contributed by atoms with E-state index in [2.05, 4.69) is 88.7 Å². The number of benzene rings is 2. The summed E-state index contributed by atoms with van der Waals surface area (Å²) in [5, 5.41) is 15.5. The number of rotatable bonds is 6. The van der Waals surface area contributed by atoms with Gasteiger partial charge in [-0.05, 0) is 76.8 Å². The fraction of sp³-hybridized carbons (Fsp3) is 0.381.